The van der Waals surface area contributed by atoms with E-state index in [-0.39, 0.29) is 5.69 Å². The summed E-state index contributed by atoms with van der Waals surface area (Å²) in [7, 11) is 0. The van der Waals surface area contributed by atoms with Gasteiger partial charge in [0, 0.05) is 25.3 Å². The molecule has 4 N–H and O–H groups in total. The Morgan fingerprint density at radius 3 is 2.19 bits per heavy atom. The predicted molar refractivity (Wildman–Crippen MR) is 127 cm³/mol. The SMILES string of the molecule is C[C@]12CN(CCOc3ccc(N)cc3)C[C@](C)(O1)c1c2c(O)n(-c2ccc(C#N)c(C(F)(F)F)c2)c1O. The van der Waals surface area contributed by atoms with E-state index in [1.807, 2.05) is 0 Å². The zero-order chi connectivity index (χ0) is 26.8. The summed E-state index contributed by atoms with van der Waals surface area (Å²) in [5, 5.41) is 31.5. The van der Waals surface area contributed by atoms with Crippen molar-refractivity contribution >= 4 is 5.69 Å². The maximum Gasteiger partial charge on any atom is 0.417 e. The summed E-state index contributed by atoms with van der Waals surface area (Å²) in [5.41, 5.74) is 3.10. The third-order valence-electron chi connectivity index (χ3n) is 6.92. The smallest absolute Gasteiger partial charge is 0.417 e. The van der Waals surface area contributed by atoms with E-state index in [0.29, 0.717) is 48.8 Å². The van der Waals surface area contributed by atoms with Crippen LogP contribution in [0.2, 0.25) is 0 Å². The predicted octanol–water partition coefficient (Wildman–Crippen LogP) is 4.22. The van der Waals surface area contributed by atoms with Gasteiger partial charge in [-0.05, 0) is 56.3 Å². The number of nitrogen functional groups attached to an aromatic ring is 1. The number of nitrogens with two attached hydrogens (primary N) is 1. The first-order valence-electron chi connectivity index (χ1n) is 11.6. The number of morpholine rings is 1. The number of halogens is 3. The number of aromatic nitrogens is 1. The first-order chi connectivity index (χ1) is 17.4. The standard InChI is InChI=1S/C26H25F3N4O4/c1-24-13-32(9-10-36-18-7-4-16(31)5-8-18)14-25(2,37-24)21-20(24)22(34)33(23(21)35)17-6-3-15(12-30)19(11-17)26(27,28)29/h3-8,11,34-35H,9-10,13-14,31H2,1-2H3/t24-,25+. The lowest BCUT2D eigenvalue weighted by Gasteiger charge is -2.43. The number of benzene rings is 2. The molecule has 0 radical (unpaired) electrons. The third-order valence-corrected chi connectivity index (χ3v) is 6.92. The highest BCUT2D eigenvalue weighted by Gasteiger charge is 2.58. The van der Waals surface area contributed by atoms with Crippen molar-refractivity contribution in [2.45, 2.75) is 31.2 Å². The molecule has 0 unspecified atom stereocenters. The summed E-state index contributed by atoms with van der Waals surface area (Å²) >= 11 is 0. The molecule has 5 rings (SSSR count). The van der Waals surface area contributed by atoms with E-state index in [1.165, 1.54) is 12.1 Å². The Morgan fingerprint density at radius 1 is 1.05 bits per heavy atom. The van der Waals surface area contributed by atoms with E-state index >= 15 is 0 Å². The summed E-state index contributed by atoms with van der Waals surface area (Å²) in [4.78, 5) is 2.09. The monoisotopic (exact) mass is 514 g/mol. The zero-order valence-electron chi connectivity index (χ0n) is 20.1. The number of fused-ring (bicyclic) bond motifs is 5. The largest absolute Gasteiger partial charge is 0.494 e. The van der Waals surface area contributed by atoms with E-state index in [4.69, 9.17) is 20.5 Å². The van der Waals surface area contributed by atoms with Crippen LogP contribution >= 0.6 is 0 Å². The van der Waals surface area contributed by atoms with Gasteiger partial charge in [0.1, 0.15) is 23.6 Å². The van der Waals surface area contributed by atoms with Crippen molar-refractivity contribution < 1.29 is 32.9 Å². The molecule has 2 aliphatic heterocycles. The number of ether oxygens (including phenoxy) is 2. The first kappa shape index (κ1) is 24.8. The molecule has 2 aromatic carbocycles. The molecule has 0 aliphatic carbocycles. The number of hydrogen-bond donors (Lipinski definition) is 3. The topological polar surface area (TPSA) is 117 Å². The number of alkyl halides is 3. The number of anilines is 1. The van der Waals surface area contributed by atoms with Crippen LogP contribution in [0.4, 0.5) is 18.9 Å². The third kappa shape index (κ3) is 4.02. The Balaban J connectivity index is 1.45. The molecule has 11 heteroatoms. The fourth-order valence-electron chi connectivity index (χ4n) is 5.54. The van der Waals surface area contributed by atoms with Crippen molar-refractivity contribution in [3.8, 4) is 29.3 Å². The van der Waals surface area contributed by atoms with Crippen LogP contribution in [0.15, 0.2) is 42.5 Å². The molecule has 194 valence electrons. The molecule has 3 heterocycles. The zero-order valence-corrected chi connectivity index (χ0v) is 20.1. The molecular formula is C26H25F3N4O4. The van der Waals surface area contributed by atoms with Gasteiger partial charge in [-0.2, -0.15) is 18.4 Å². The lowest BCUT2D eigenvalue weighted by molar-refractivity contribution is -0.187. The van der Waals surface area contributed by atoms with E-state index in [0.717, 1.165) is 16.7 Å². The molecule has 2 aliphatic rings. The molecule has 8 nitrogen and oxygen atoms in total. The molecule has 1 fully saturated rings. The van der Waals surface area contributed by atoms with Crippen molar-refractivity contribution in [1.82, 2.24) is 9.47 Å². The van der Waals surface area contributed by atoms with Crippen LogP contribution in [0.25, 0.3) is 5.69 Å². The van der Waals surface area contributed by atoms with Gasteiger partial charge >= 0.3 is 6.18 Å². The summed E-state index contributed by atoms with van der Waals surface area (Å²) in [6.45, 7) is 5.18. The lowest BCUT2D eigenvalue weighted by atomic mass is 9.94. The molecule has 3 aromatic rings. The van der Waals surface area contributed by atoms with Crippen molar-refractivity contribution in [1.29, 1.82) is 5.26 Å². The van der Waals surface area contributed by atoms with Crippen molar-refractivity contribution in [2.24, 2.45) is 0 Å². The fraction of sp³-hybridized carbons (Fsp3) is 0.346. The second kappa shape index (κ2) is 8.33. The first-order valence-corrected chi connectivity index (χ1v) is 11.6. The van der Waals surface area contributed by atoms with Crippen LogP contribution in [0.3, 0.4) is 0 Å². The Morgan fingerprint density at radius 2 is 1.65 bits per heavy atom. The number of nitriles is 1. The minimum Gasteiger partial charge on any atom is -0.494 e. The average molecular weight is 515 g/mol. The molecule has 1 saturated heterocycles. The number of nitrogens with zero attached hydrogens (tertiary/aromatic N) is 3. The van der Waals surface area contributed by atoms with Crippen molar-refractivity contribution in [2.75, 3.05) is 32.0 Å². The summed E-state index contributed by atoms with van der Waals surface area (Å²) < 4.78 is 53.7. The average Bonchev–Trinajstić information content (AvgIpc) is 3.19. The Hall–Kier alpha value is -3.88. The normalized spacial score (nSPS) is 23.0. The minimum atomic E-state index is -4.78. The molecule has 0 spiro atoms. The van der Waals surface area contributed by atoms with E-state index in [9.17, 15) is 23.4 Å². The van der Waals surface area contributed by atoms with Crippen molar-refractivity contribution in [3.05, 3.63) is 64.7 Å². The number of hydrogen-bond acceptors (Lipinski definition) is 7. The van der Waals surface area contributed by atoms with Crippen LogP contribution in [-0.4, -0.2) is 45.9 Å². The van der Waals surface area contributed by atoms with Gasteiger partial charge in [0.25, 0.3) is 0 Å². The summed E-state index contributed by atoms with van der Waals surface area (Å²) in [5.74, 6) is -0.134. The Bertz CT molecular complexity index is 1370. The maximum absolute atomic E-state index is 13.5. The molecule has 2 atom stereocenters. The van der Waals surface area contributed by atoms with E-state index in [1.54, 1.807) is 38.1 Å². The minimum absolute atomic E-state index is 0.116. The van der Waals surface area contributed by atoms with Gasteiger partial charge in [0.05, 0.1) is 34.0 Å². The van der Waals surface area contributed by atoms with Crippen LogP contribution < -0.4 is 10.5 Å². The highest BCUT2D eigenvalue weighted by Crippen LogP contribution is 2.59. The molecule has 0 saturated carbocycles. The molecule has 37 heavy (non-hydrogen) atoms. The number of rotatable bonds is 5. The maximum atomic E-state index is 13.5. The van der Waals surface area contributed by atoms with Gasteiger partial charge in [-0.1, -0.05) is 0 Å². The highest BCUT2D eigenvalue weighted by atomic mass is 19.4. The lowest BCUT2D eigenvalue weighted by Crippen LogP contribution is -2.52. The number of aromatic hydroxyl groups is 2. The van der Waals surface area contributed by atoms with Crippen LogP contribution in [0.5, 0.6) is 17.5 Å². The van der Waals surface area contributed by atoms with E-state index < -0.39 is 40.3 Å². The van der Waals surface area contributed by atoms with Gasteiger partial charge in [0.15, 0.2) is 0 Å². The van der Waals surface area contributed by atoms with Gasteiger partial charge in [-0.3, -0.25) is 9.47 Å². The van der Waals surface area contributed by atoms with Crippen molar-refractivity contribution in [3.63, 3.8) is 0 Å². The van der Waals surface area contributed by atoms with E-state index in [2.05, 4.69) is 4.90 Å². The second-order valence-corrected chi connectivity index (χ2v) is 9.76. The second-order valence-electron chi connectivity index (χ2n) is 9.76. The quantitative estimate of drug-likeness (QED) is 0.437. The molecular weight excluding hydrogens is 489 g/mol. The fourth-order valence-corrected chi connectivity index (χ4v) is 5.54. The Labute approximate surface area is 210 Å². The van der Waals surface area contributed by atoms with Crippen LogP contribution in [-0.2, 0) is 22.1 Å². The van der Waals surface area contributed by atoms with Gasteiger partial charge in [-0.15, -0.1) is 0 Å². The highest BCUT2D eigenvalue weighted by molar-refractivity contribution is 5.61. The Kier molecular flexibility index (Phi) is 5.58. The van der Waals surface area contributed by atoms with Gasteiger partial charge in [-0.25, -0.2) is 0 Å². The molecule has 0 amide bonds. The summed E-state index contributed by atoms with van der Waals surface area (Å²) in [6.07, 6.45) is -4.78. The van der Waals surface area contributed by atoms with Gasteiger partial charge in [0.2, 0.25) is 11.8 Å². The summed E-state index contributed by atoms with van der Waals surface area (Å²) in [6, 6.07) is 11.6. The van der Waals surface area contributed by atoms with Gasteiger partial charge < -0.3 is 25.4 Å². The van der Waals surface area contributed by atoms with Crippen LogP contribution in [0.1, 0.15) is 36.1 Å². The molecule has 1 aromatic heterocycles. The van der Waals surface area contributed by atoms with Crippen LogP contribution in [0, 0.1) is 11.3 Å². The molecule has 2 bridgehead atoms.